The lowest BCUT2D eigenvalue weighted by molar-refractivity contribution is -0.134. The highest BCUT2D eigenvalue weighted by Gasteiger charge is 2.41. The number of rotatable bonds is 7. The van der Waals surface area contributed by atoms with Crippen molar-refractivity contribution in [2.45, 2.75) is 77.4 Å². The molecule has 1 aliphatic heterocycles. The molecule has 0 radical (unpaired) electrons. The molecular weight excluding hydrogens is 364 g/mol. The average molecular weight is 397 g/mol. The summed E-state index contributed by atoms with van der Waals surface area (Å²) in [6.45, 7) is 6.14. The van der Waals surface area contributed by atoms with Gasteiger partial charge in [0.15, 0.2) is 0 Å². The zero-order chi connectivity index (χ0) is 20.6. The number of nitrogens with two attached hydrogens (primary N) is 1. The molecule has 2 unspecified atom stereocenters. The molecule has 1 saturated carbocycles. The maximum Gasteiger partial charge on any atom is 0.223 e. The Hall–Kier alpha value is -2.34. The minimum atomic E-state index is -0.744. The largest absolute Gasteiger partial charge is 0.369 e. The monoisotopic (exact) mass is 396 g/mol. The maximum absolute atomic E-state index is 12.0. The fourth-order valence-electron chi connectivity index (χ4n) is 4.88. The van der Waals surface area contributed by atoms with Crippen molar-refractivity contribution in [1.82, 2.24) is 15.3 Å². The minimum absolute atomic E-state index is 0.323. The van der Waals surface area contributed by atoms with E-state index in [0.717, 1.165) is 29.8 Å². The van der Waals surface area contributed by atoms with Crippen LogP contribution in [0.15, 0.2) is 24.3 Å². The van der Waals surface area contributed by atoms with E-state index in [2.05, 4.69) is 42.2 Å². The van der Waals surface area contributed by atoms with Crippen LogP contribution in [-0.4, -0.2) is 21.3 Å². The number of aryl methyl sites for hydroxylation is 1. The molecule has 156 valence electrons. The first-order chi connectivity index (χ1) is 14.0. The fraction of sp³-hybridized carbons (Fsp3) is 0.565. The summed E-state index contributed by atoms with van der Waals surface area (Å²) in [6.07, 6.45) is 9.46. The van der Waals surface area contributed by atoms with Crippen LogP contribution < -0.4 is 11.2 Å². The molecular formula is C23H32N4O2. The molecule has 29 heavy (non-hydrogen) atoms. The second-order valence-corrected chi connectivity index (χ2v) is 8.60. The molecule has 0 saturated heterocycles. The van der Waals surface area contributed by atoms with E-state index >= 15 is 0 Å². The predicted octanol–water partition coefficient (Wildman–Crippen LogP) is 4.25. The second-order valence-electron chi connectivity index (χ2n) is 8.60. The predicted molar refractivity (Wildman–Crippen MR) is 115 cm³/mol. The lowest BCUT2D eigenvalue weighted by atomic mass is 9.84. The molecule has 1 fully saturated rings. The first kappa shape index (κ1) is 20.0. The molecule has 4 rings (SSSR count). The van der Waals surface area contributed by atoms with Crippen LogP contribution in [0.3, 0.4) is 0 Å². The molecule has 1 amide bonds. The van der Waals surface area contributed by atoms with Gasteiger partial charge in [0.25, 0.3) is 0 Å². The van der Waals surface area contributed by atoms with Gasteiger partial charge in [-0.1, -0.05) is 45.2 Å². The Kier molecular flexibility index (Phi) is 5.38. The first-order valence-electron chi connectivity index (χ1n) is 10.9. The molecule has 3 N–H and O–H groups in total. The van der Waals surface area contributed by atoms with Gasteiger partial charge >= 0.3 is 0 Å². The van der Waals surface area contributed by atoms with Crippen molar-refractivity contribution in [3.63, 3.8) is 0 Å². The van der Waals surface area contributed by atoms with E-state index in [1.807, 2.05) is 13.0 Å². The Labute approximate surface area is 172 Å². The molecule has 1 aromatic heterocycles. The second kappa shape index (κ2) is 7.82. The Balaban J connectivity index is 1.73. The van der Waals surface area contributed by atoms with E-state index in [9.17, 15) is 4.79 Å². The average Bonchev–Trinajstić information content (AvgIpc) is 3.43. The van der Waals surface area contributed by atoms with Crippen LogP contribution in [0.4, 0.5) is 0 Å². The van der Waals surface area contributed by atoms with Crippen molar-refractivity contribution >= 4 is 22.5 Å². The molecule has 2 aliphatic rings. The third-order valence-electron chi connectivity index (χ3n) is 6.52. The summed E-state index contributed by atoms with van der Waals surface area (Å²) < 4.78 is 2.24. The normalized spacial score (nSPS) is 23.3. The number of hydroxylamine groups is 1. The topological polar surface area (TPSA) is 82.2 Å². The van der Waals surface area contributed by atoms with Crippen molar-refractivity contribution < 1.29 is 9.63 Å². The standard InChI is InChI=1S/C23H32N4O2/c1-4-8-18(22(24)28)23(3)14-20(26-29-23)15-11-12-17-19(5-2)25-27(21(17)13-15)16-9-6-7-10-16/h11-14,16,18,26H,4-10H2,1-3H3,(H2,24,28). The van der Waals surface area contributed by atoms with Gasteiger partial charge in [-0.3, -0.25) is 19.8 Å². The fourth-order valence-corrected chi connectivity index (χ4v) is 4.88. The van der Waals surface area contributed by atoms with E-state index in [1.54, 1.807) is 0 Å². The summed E-state index contributed by atoms with van der Waals surface area (Å²) in [6, 6.07) is 6.96. The van der Waals surface area contributed by atoms with Crippen molar-refractivity contribution in [3.8, 4) is 0 Å². The number of nitrogens with zero attached hydrogens (tertiary/aromatic N) is 2. The first-order valence-corrected chi connectivity index (χ1v) is 10.9. The van der Waals surface area contributed by atoms with Crippen molar-refractivity contribution in [3.05, 3.63) is 35.5 Å². The highest BCUT2D eigenvalue weighted by molar-refractivity contribution is 5.86. The van der Waals surface area contributed by atoms with Crippen LogP contribution in [0.2, 0.25) is 0 Å². The van der Waals surface area contributed by atoms with E-state index in [-0.39, 0.29) is 11.8 Å². The van der Waals surface area contributed by atoms with Gasteiger partial charge < -0.3 is 5.73 Å². The van der Waals surface area contributed by atoms with Crippen molar-refractivity contribution in [1.29, 1.82) is 0 Å². The summed E-state index contributed by atoms with van der Waals surface area (Å²) in [5.41, 5.74) is 12.2. The smallest absolute Gasteiger partial charge is 0.223 e. The molecule has 2 aromatic rings. The summed E-state index contributed by atoms with van der Waals surface area (Å²) in [5.74, 6) is -0.687. The number of amides is 1. The van der Waals surface area contributed by atoms with E-state index in [0.29, 0.717) is 12.5 Å². The Morgan fingerprint density at radius 1 is 1.38 bits per heavy atom. The van der Waals surface area contributed by atoms with Crippen LogP contribution in [0.25, 0.3) is 16.6 Å². The summed E-state index contributed by atoms with van der Waals surface area (Å²) in [7, 11) is 0. The number of nitrogens with one attached hydrogen (secondary N) is 1. The zero-order valence-corrected chi connectivity index (χ0v) is 17.7. The van der Waals surface area contributed by atoms with Crippen molar-refractivity contribution in [2.24, 2.45) is 11.7 Å². The molecule has 0 spiro atoms. The molecule has 0 bridgehead atoms. The van der Waals surface area contributed by atoms with Gasteiger partial charge in [0, 0.05) is 10.9 Å². The van der Waals surface area contributed by atoms with Crippen LogP contribution in [-0.2, 0) is 16.1 Å². The summed E-state index contributed by atoms with van der Waals surface area (Å²) >= 11 is 0. The third-order valence-corrected chi connectivity index (χ3v) is 6.52. The number of benzene rings is 1. The number of hydrogen-bond acceptors (Lipinski definition) is 4. The van der Waals surface area contributed by atoms with Gasteiger partial charge in [-0.2, -0.15) is 5.10 Å². The van der Waals surface area contributed by atoms with Crippen LogP contribution in [0.5, 0.6) is 0 Å². The summed E-state index contributed by atoms with van der Waals surface area (Å²) in [5, 5.41) is 6.17. The highest BCUT2D eigenvalue weighted by atomic mass is 16.7. The lowest BCUT2D eigenvalue weighted by Gasteiger charge is -2.28. The van der Waals surface area contributed by atoms with Gasteiger partial charge in [-0.05, 0) is 44.7 Å². The third kappa shape index (κ3) is 3.54. The quantitative estimate of drug-likeness (QED) is 0.733. The number of carbonyl (C=O) groups is 1. The van der Waals surface area contributed by atoms with Gasteiger partial charge in [-0.25, -0.2) is 0 Å². The van der Waals surface area contributed by atoms with Crippen molar-refractivity contribution in [2.75, 3.05) is 0 Å². The Morgan fingerprint density at radius 2 is 2.14 bits per heavy atom. The lowest BCUT2D eigenvalue weighted by Crippen LogP contribution is -2.43. The van der Waals surface area contributed by atoms with E-state index in [1.165, 1.54) is 36.6 Å². The van der Waals surface area contributed by atoms with Gasteiger partial charge in [0.05, 0.1) is 28.9 Å². The number of hydrogen-bond donors (Lipinski definition) is 2. The van der Waals surface area contributed by atoms with Crippen LogP contribution >= 0.6 is 0 Å². The summed E-state index contributed by atoms with van der Waals surface area (Å²) in [4.78, 5) is 17.9. The molecule has 1 aromatic carbocycles. The SMILES string of the molecule is CCCC(C(N)=O)C1(C)C=C(c2ccc3c(CC)nn(C4CCCC4)c3c2)NO1. The number of carbonyl (C=O) groups excluding carboxylic acids is 1. The number of fused-ring (bicyclic) bond motifs is 1. The molecule has 6 nitrogen and oxygen atoms in total. The zero-order valence-electron chi connectivity index (χ0n) is 17.7. The maximum atomic E-state index is 12.0. The minimum Gasteiger partial charge on any atom is -0.369 e. The molecule has 2 heterocycles. The van der Waals surface area contributed by atoms with Crippen LogP contribution in [0, 0.1) is 5.92 Å². The molecule has 1 aliphatic carbocycles. The van der Waals surface area contributed by atoms with Gasteiger partial charge in [0.2, 0.25) is 5.91 Å². The Bertz CT molecular complexity index is 942. The van der Waals surface area contributed by atoms with Gasteiger partial charge in [-0.15, -0.1) is 0 Å². The van der Waals surface area contributed by atoms with Gasteiger partial charge in [0.1, 0.15) is 5.60 Å². The Morgan fingerprint density at radius 3 is 2.79 bits per heavy atom. The molecule has 2 atom stereocenters. The van der Waals surface area contributed by atoms with Crippen LogP contribution in [0.1, 0.15) is 76.6 Å². The highest BCUT2D eigenvalue weighted by Crippen LogP contribution is 2.37. The van der Waals surface area contributed by atoms with E-state index < -0.39 is 5.60 Å². The number of primary amides is 1. The van der Waals surface area contributed by atoms with E-state index in [4.69, 9.17) is 15.7 Å². The molecule has 6 heteroatoms. The number of aromatic nitrogens is 2.